The predicted molar refractivity (Wildman–Crippen MR) is 40.7 cm³/mol. The molecule has 50 valence electrons. The summed E-state index contributed by atoms with van der Waals surface area (Å²) in [4.78, 5) is 10.3. The minimum atomic E-state index is -0.276. The van der Waals surface area contributed by atoms with Gasteiger partial charge in [-0.3, -0.25) is 4.79 Å². The number of carbonyl (C=O) groups excluding carboxylic acids is 1. The largest absolute Gasteiger partial charge is 0.430 e. The fourth-order valence-corrected chi connectivity index (χ4v) is 1.22. The monoisotopic (exact) mass is 254 g/mol. The number of alkyl halides is 2. The van der Waals surface area contributed by atoms with Crippen molar-refractivity contribution in [3.05, 3.63) is 12.3 Å². The molecule has 1 fully saturated rings. The summed E-state index contributed by atoms with van der Waals surface area (Å²) in [7, 11) is 0. The molecule has 0 spiro atoms. The zero-order chi connectivity index (χ0) is 7.02. The Morgan fingerprint density at radius 2 is 2.00 bits per heavy atom. The van der Waals surface area contributed by atoms with Crippen LogP contribution < -0.4 is 0 Å². The lowest BCUT2D eigenvalue weighted by Crippen LogP contribution is -2.12. The van der Waals surface area contributed by atoms with Crippen molar-refractivity contribution in [2.45, 2.75) is 9.65 Å². The van der Waals surface area contributed by atoms with Crippen molar-refractivity contribution in [1.29, 1.82) is 0 Å². The average Bonchev–Trinajstić information content (AvgIpc) is 1.98. The number of allylic oxidation sites excluding steroid dienone is 1. The molecular formula is C5H4Br2O2. The average molecular weight is 256 g/mol. The molecule has 1 aliphatic heterocycles. The van der Waals surface area contributed by atoms with Gasteiger partial charge in [-0.25, -0.2) is 0 Å². The van der Waals surface area contributed by atoms with Gasteiger partial charge in [-0.05, 0) is 0 Å². The quantitative estimate of drug-likeness (QED) is 0.485. The van der Waals surface area contributed by atoms with E-state index in [1.807, 2.05) is 0 Å². The lowest BCUT2D eigenvalue weighted by Gasteiger charge is -1.96. The van der Waals surface area contributed by atoms with E-state index in [1.54, 1.807) is 0 Å². The zero-order valence-electron chi connectivity index (χ0n) is 4.43. The highest BCUT2D eigenvalue weighted by molar-refractivity contribution is 9.12. The Hall–Kier alpha value is 0.170. The third kappa shape index (κ3) is 1.19. The summed E-state index contributed by atoms with van der Waals surface area (Å²) in [5.41, 5.74) is 0. The lowest BCUT2D eigenvalue weighted by atomic mass is 10.3. The summed E-state index contributed by atoms with van der Waals surface area (Å²) >= 11 is 6.34. The first kappa shape index (κ1) is 7.28. The first-order valence-corrected chi connectivity index (χ1v) is 4.14. The van der Waals surface area contributed by atoms with Gasteiger partial charge in [0.2, 0.25) is 0 Å². The molecule has 1 rings (SSSR count). The molecule has 0 aromatic carbocycles. The Morgan fingerprint density at radius 1 is 1.44 bits per heavy atom. The zero-order valence-corrected chi connectivity index (χ0v) is 7.61. The normalized spacial score (nSPS) is 34.9. The van der Waals surface area contributed by atoms with Crippen LogP contribution in [0.4, 0.5) is 0 Å². The number of cyclic esters (lactones) is 1. The molecule has 0 aliphatic carbocycles. The van der Waals surface area contributed by atoms with Crippen molar-refractivity contribution >= 4 is 37.8 Å². The molecule has 0 aromatic rings. The Kier molecular flexibility index (Phi) is 1.96. The van der Waals surface area contributed by atoms with E-state index in [4.69, 9.17) is 0 Å². The summed E-state index contributed by atoms with van der Waals surface area (Å²) in [5.74, 6) is 0.198. The van der Waals surface area contributed by atoms with Crippen molar-refractivity contribution in [3.8, 4) is 0 Å². The first-order valence-electron chi connectivity index (χ1n) is 2.31. The highest BCUT2D eigenvalue weighted by Gasteiger charge is 2.36. The number of hydrogen-bond acceptors (Lipinski definition) is 2. The van der Waals surface area contributed by atoms with Gasteiger partial charge in [-0.1, -0.05) is 38.4 Å². The number of ether oxygens (including phenoxy) is 1. The summed E-state index contributed by atoms with van der Waals surface area (Å²) in [6.45, 7) is 3.52. The maximum absolute atomic E-state index is 10.6. The van der Waals surface area contributed by atoms with Gasteiger partial charge < -0.3 is 4.74 Å². The van der Waals surface area contributed by atoms with Crippen LogP contribution in [0.1, 0.15) is 0 Å². The summed E-state index contributed by atoms with van der Waals surface area (Å²) in [6.07, 6.45) is 0. The van der Waals surface area contributed by atoms with Crippen LogP contribution in [0, 0.1) is 0 Å². The molecule has 0 saturated carbocycles. The summed E-state index contributed by atoms with van der Waals surface area (Å²) in [5, 5.41) is 0. The minimum Gasteiger partial charge on any atom is -0.430 e. The fraction of sp³-hybridized carbons (Fsp3) is 0.400. The van der Waals surface area contributed by atoms with Gasteiger partial charge in [-0.15, -0.1) is 0 Å². The van der Waals surface area contributed by atoms with Gasteiger partial charge in [0.05, 0.1) is 4.83 Å². The van der Waals surface area contributed by atoms with Crippen molar-refractivity contribution in [2.24, 2.45) is 0 Å². The van der Waals surface area contributed by atoms with Crippen molar-refractivity contribution < 1.29 is 9.53 Å². The van der Waals surface area contributed by atoms with Crippen molar-refractivity contribution in [1.82, 2.24) is 0 Å². The number of hydrogen-bond donors (Lipinski definition) is 0. The summed E-state index contributed by atoms with van der Waals surface area (Å²) < 4.78 is 4.66. The smallest absolute Gasteiger partial charge is 0.326 e. The molecule has 2 unspecified atom stereocenters. The van der Waals surface area contributed by atoms with Crippen LogP contribution in [-0.2, 0) is 9.53 Å². The van der Waals surface area contributed by atoms with Crippen LogP contribution in [0.15, 0.2) is 12.3 Å². The van der Waals surface area contributed by atoms with Gasteiger partial charge >= 0.3 is 5.97 Å². The van der Waals surface area contributed by atoms with Crippen LogP contribution in [0.25, 0.3) is 0 Å². The standard InChI is InChI=1S/C5H4Br2O2/c1-2-3(6)4(7)5(8)9-2/h3-4H,1H2. The molecule has 2 nitrogen and oxygen atoms in total. The molecule has 0 aromatic heterocycles. The molecular weight excluding hydrogens is 252 g/mol. The molecule has 4 heteroatoms. The van der Waals surface area contributed by atoms with Crippen molar-refractivity contribution in [3.63, 3.8) is 0 Å². The number of rotatable bonds is 0. The highest BCUT2D eigenvalue weighted by Crippen LogP contribution is 2.29. The maximum atomic E-state index is 10.6. The Labute approximate surface area is 69.5 Å². The van der Waals surface area contributed by atoms with Crippen molar-refractivity contribution in [2.75, 3.05) is 0 Å². The van der Waals surface area contributed by atoms with E-state index in [0.29, 0.717) is 5.76 Å². The van der Waals surface area contributed by atoms with Crippen LogP contribution in [-0.4, -0.2) is 15.6 Å². The van der Waals surface area contributed by atoms with Crippen LogP contribution in [0.5, 0.6) is 0 Å². The predicted octanol–water partition coefficient (Wildman–Crippen LogP) is 1.58. The molecule has 2 atom stereocenters. The highest BCUT2D eigenvalue weighted by atomic mass is 79.9. The number of halogens is 2. The number of carbonyl (C=O) groups is 1. The van der Waals surface area contributed by atoms with E-state index in [9.17, 15) is 4.79 Å². The molecule has 1 saturated heterocycles. The van der Waals surface area contributed by atoms with Gasteiger partial charge in [0.15, 0.2) is 0 Å². The summed E-state index contributed by atoms with van der Waals surface area (Å²) in [6, 6.07) is 0. The lowest BCUT2D eigenvalue weighted by molar-refractivity contribution is -0.134. The first-order chi connectivity index (χ1) is 4.13. The van der Waals surface area contributed by atoms with Gasteiger partial charge in [0.1, 0.15) is 10.6 Å². The van der Waals surface area contributed by atoms with Gasteiger partial charge in [-0.2, -0.15) is 0 Å². The molecule has 0 N–H and O–H groups in total. The van der Waals surface area contributed by atoms with Crippen LogP contribution in [0.2, 0.25) is 0 Å². The molecule has 9 heavy (non-hydrogen) atoms. The van der Waals surface area contributed by atoms with Gasteiger partial charge in [0.25, 0.3) is 0 Å². The molecule has 0 amide bonds. The number of esters is 1. The molecule has 0 bridgehead atoms. The third-order valence-corrected chi connectivity index (χ3v) is 3.67. The maximum Gasteiger partial charge on any atom is 0.326 e. The third-order valence-electron chi connectivity index (χ3n) is 1.02. The van der Waals surface area contributed by atoms with E-state index < -0.39 is 0 Å². The Balaban J connectivity index is 2.77. The second kappa shape index (κ2) is 2.42. The molecule has 1 heterocycles. The second-order valence-corrected chi connectivity index (χ2v) is 3.66. The van der Waals surface area contributed by atoms with E-state index in [-0.39, 0.29) is 15.6 Å². The van der Waals surface area contributed by atoms with E-state index in [0.717, 1.165) is 0 Å². The fourth-order valence-electron chi connectivity index (χ4n) is 0.524. The van der Waals surface area contributed by atoms with E-state index in [1.165, 1.54) is 0 Å². The molecule has 0 radical (unpaired) electrons. The Bertz CT molecular complexity index is 148. The Morgan fingerprint density at radius 3 is 2.11 bits per heavy atom. The van der Waals surface area contributed by atoms with Crippen LogP contribution >= 0.6 is 31.9 Å². The molecule has 1 aliphatic rings. The van der Waals surface area contributed by atoms with E-state index in [2.05, 4.69) is 43.2 Å². The topological polar surface area (TPSA) is 26.3 Å². The minimum absolute atomic E-state index is 0.0787. The van der Waals surface area contributed by atoms with Gasteiger partial charge in [0, 0.05) is 0 Å². The van der Waals surface area contributed by atoms with Crippen LogP contribution in [0.3, 0.4) is 0 Å². The van der Waals surface area contributed by atoms with E-state index >= 15 is 0 Å². The SMILES string of the molecule is C=C1OC(=O)C(Br)C1Br. The second-order valence-electron chi connectivity index (χ2n) is 1.69.